The van der Waals surface area contributed by atoms with Crippen LogP contribution in [0.25, 0.3) is 22.3 Å². The first-order valence-corrected chi connectivity index (χ1v) is 8.92. The van der Waals surface area contributed by atoms with Gasteiger partial charge in [0.1, 0.15) is 19.0 Å². The highest BCUT2D eigenvalue weighted by molar-refractivity contribution is 9.10. The zero-order valence-electron chi connectivity index (χ0n) is 14.7. The van der Waals surface area contributed by atoms with Crippen molar-refractivity contribution in [3.8, 4) is 22.9 Å². The molecule has 8 heteroatoms. The van der Waals surface area contributed by atoms with Gasteiger partial charge in [0.25, 0.3) is 5.56 Å². The first-order chi connectivity index (χ1) is 13.0. The minimum absolute atomic E-state index is 0.136. The predicted molar refractivity (Wildman–Crippen MR) is 104 cm³/mol. The van der Waals surface area contributed by atoms with E-state index in [1.54, 1.807) is 30.3 Å². The van der Waals surface area contributed by atoms with Crippen molar-refractivity contribution < 1.29 is 19.0 Å². The highest BCUT2D eigenvalue weighted by atomic mass is 79.9. The molecule has 0 unspecified atom stereocenters. The van der Waals surface area contributed by atoms with Crippen molar-refractivity contribution in [2.24, 2.45) is 0 Å². The smallest absolute Gasteiger partial charge is 0.302 e. The van der Waals surface area contributed by atoms with Crippen LogP contribution in [-0.2, 0) is 9.53 Å². The van der Waals surface area contributed by atoms with Crippen LogP contribution in [0.4, 0.5) is 0 Å². The molecule has 0 fully saturated rings. The Bertz CT molecular complexity index is 1050. The molecule has 3 aromatic rings. The number of nitrogens with one attached hydrogen (secondary N) is 1. The number of carbonyl (C=O) groups is 1. The van der Waals surface area contributed by atoms with Gasteiger partial charge in [0.05, 0.1) is 18.0 Å². The number of esters is 1. The molecule has 140 valence electrons. The molecule has 0 amide bonds. The third-order valence-corrected chi connectivity index (χ3v) is 4.42. The number of para-hydroxylation sites is 1. The molecule has 2 aromatic carbocycles. The van der Waals surface area contributed by atoms with E-state index in [0.29, 0.717) is 38.3 Å². The van der Waals surface area contributed by atoms with E-state index in [-0.39, 0.29) is 24.7 Å². The molecular formula is C19H17BrN2O5. The summed E-state index contributed by atoms with van der Waals surface area (Å²) >= 11 is 3.49. The van der Waals surface area contributed by atoms with Crippen LogP contribution in [0.15, 0.2) is 45.7 Å². The van der Waals surface area contributed by atoms with E-state index in [0.717, 1.165) is 0 Å². The Hall–Kier alpha value is -2.87. The van der Waals surface area contributed by atoms with Crippen molar-refractivity contribution in [2.45, 2.75) is 6.92 Å². The van der Waals surface area contributed by atoms with Crippen molar-refractivity contribution >= 4 is 32.8 Å². The number of carbonyl (C=O) groups excluding carboxylic acids is 1. The molecule has 0 bridgehead atoms. The fourth-order valence-electron chi connectivity index (χ4n) is 2.54. The van der Waals surface area contributed by atoms with Crippen LogP contribution in [0.3, 0.4) is 0 Å². The molecule has 0 aliphatic carbocycles. The summed E-state index contributed by atoms with van der Waals surface area (Å²) in [6, 6.07) is 10.6. The Balaban J connectivity index is 1.95. The van der Waals surface area contributed by atoms with E-state index in [1.165, 1.54) is 14.0 Å². The maximum absolute atomic E-state index is 12.3. The van der Waals surface area contributed by atoms with E-state index in [1.807, 2.05) is 6.07 Å². The molecule has 0 atom stereocenters. The van der Waals surface area contributed by atoms with E-state index in [2.05, 4.69) is 25.9 Å². The fraction of sp³-hybridized carbons (Fsp3) is 0.211. The molecule has 0 spiro atoms. The third kappa shape index (κ3) is 4.28. The number of aromatic nitrogens is 2. The van der Waals surface area contributed by atoms with Crippen LogP contribution in [0.2, 0.25) is 0 Å². The second kappa shape index (κ2) is 8.22. The summed E-state index contributed by atoms with van der Waals surface area (Å²) < 4.78 is 16.5. The van der Waals surface area contributed by atoms with Crippen LogP contribution >= 0.6 is 15.9 Å². The Morgan fingerprint density at radius 3 is 2.70 bits per heavy atom. The topological polar surface area (TPSA) is 90.5 Å². The van der Waals surface area contributed by atoms with Crippen LogP contribution < -0.4 is 15.0 Å². The quantitative estimate of drug-likeness (QED) is 0.474. The van der Waals surface area contributed by atoms with E-state index in [4.69, 9.17) is 14.2 Å². The third-order valence-electron chi connectivity index (χ3n) is 3.77. The SMILES string of the molecule is COc1cc(-c2nc3ccccc3c(=O)[nH]2)c(Br)cc1OCCOC(C)=O. The van der Waals surface area contributed by atoms with E-state index < -0.39 is 0 Å². The predicted octanol–water partition coefficient (Wildman–Crippen LogP) is 3.30. The zero-order valence-corrected chi connectivity index (χ0v) is 16.3. The number of ether oxygens (including phenoxy) is 3. The lowest BCUT2D eigenvalue weighted by atomic mass is 10.1. The average Bonchev–Trinajstić information content (AvgIpc) is 2.65. The normalized spacial score (nSPS) is 10.6. The summed E-state index contributed by atoms with van der Waals surface area (Å²) in [4.78, 5) is 30.5. The number of hydrogen-bond donors (Lipinski definition) is 1. The second-order valence-electron chi connectivity index (χ2n) is 5.60. The number of fused-ring (bicyclic) bond motifs is 1. The Morgan fingerprint density at radius 1 is 1.19 bits per heavy atom. The van der Waals surface area contributed by atoms with Gasteiger partial charge in [-0.2, -0.15) is 0 Å². The molecule has 1 N–H and O–H groups in total. The lowest BCUT2D eigenvalue weighted by molar-refractivity contribution is -0.141. The van der Waals surface area contributed by atoms with Crippen LogP contribution in [-0.4, -0.2) is 36.3 Å². The fourth-order valence-corrected chi connectivity index (χ4v) is 3.05. The summed E-state index contributed by atoms with van der Waals surface area (Å²) in [5.74, 6) is 0.985. The number of hydrogen-bond acceptors (Lipinski definition) is 6. The van der Waals surface area contributed by atoms with Crippen molar-refractivity contribution in [3.05, 3.63) is 51.2 Å². The Labute approximate surface area is 163 Å². The molecule has 0 saturated carbocycles. The molecule has 0 aliphatic rings. The second-order valence-corrected chi connectivity index (χ2v) is 6.46. The van der Waals surface area contributed by atoms with Crippen molar-refractivity contribution in [2.75, 3.05) is 20.3 Å². The number of H-pyrrole nitrogens is 1. The zero-order chi connectivity index (χ0) is 19.4. The van der Waals surface area contributed by atoms with Gasteiger partial charge in [-0.25, -0.2) is 4.98 Å². The van der Waals surface area contributed by atoms with Gasteiger partial charge in [0, 0.05) is 17.0 Å². The van der Waals surface area contributed by atoms with Gasteiger partial charge in [0.2, 0.25) is 0 Å². The number of nitrogens with zero attached hydrogens (tertiary/aromatic N) is 1. The first kappa shape index (κ1) is 18.9. The van der Waals surface area contributed by atoms with Crippen molar-refractivity contribution in [3.63, 3.8) is 0 Å². The molecule has 0 saturated heterocycles. The first-order valence-electron chi connectivity index (χ1n) is 8.12. The summed E-state index contributed by atoms with van der Waals surface area (Å²) in [7, 11) is 1.52. The molecule has 3 rings (SSSR count). The molecule has 1 aromatic heterocycles. The van der Waals surface area contributed by atoms with Crippen LogP contribution in [0, 0.1) is 0 Å². The Morgan fingerprint density at radius 2 is 1.96 bits per heavy atom. The number of methoxy groups -OCH3 is 1. The summed E-state index contributed by atoms with van der Waals surface area (Å²) in [5.41, 5.74) is 1.04. The van der Waals surface area contributed by atoms with Gasteiger partial charge in [-0.15, -0.1) is 0 Å². The molecule has 0 aliphatic heterocycles. The number of rotatable bonds is 6. The van der Waals surface area contributed by atoms with Gasteiger partial charge in [0.15, 0.2) is 11.5 Å². The average molecular weight is 433 g/mol. The summed E-state index contributed by atoms with van der Waals surface area (Å²) in [5, 5.41) is 0.523. The number of aromatic amines is 1. The minimum atomic E-state index is -0.367. The van der Waals surface area contributed by atoms with Gasteiger partial charge < -0.3 is 19.2 Å². The molecule has 7 nitrogen and oxygen atoms in total. The van der Waals surface area contributed by atoms with Gasteiger partial charge in [-0.05, 0) is 40.2 Å². The maximum Gasteiger partial charge on any atom is 0.302 e. The molecule has 1 heterocycles. The van der Waals surface area contributed by atoms with Crippen LogP contribution in [0.1, 0.15) is 6.92 Å². The highest BCUT2D eigenvalue weighted by Crippen LogP contribution is 2.37. The molecule has 0 radical (unpaired) electrons. The van der Waals surface area contributed by atoms with Crippen molar-refractivity contribution in [1.82, 2.24) is 9.97 Å². The van der Waals surface area contributed by atoms with Crippen LogP contribution in [0.5, 0.6) is 11.5 Å². The highest BCUT2D eigenvalue weighted by Gasteiger charge is 2.15. The van der Waals surface area contributed by atoms with E-state index >= 15 is 0 Å². The van der Waals surface area contributed by atoms with Gasteiger partial charge >= 0.3 is 5.97 Å². The minimum Gasteiger partial charge on any atom is -0.493 e. The number of benzene rings is 2. The Kier molecular flexibility index (Phi) is 5.75. The number of halogens is 1. The monoisotopic (exact) mass is 432 g/mol. The molecule has 27 heavy (non-hydrogen) atoms. The summed E-state index contributed by atoms with van der Waals surface area (Å²) in [6.07, 6.45) is 0. The van der Waals surface area contributed by atoms with Gasteiger partial charge in [-0.1, -0.05) is 12.1 Å². The summed E-state index contributed by atoms with van der Waals surface area (Å²) in [6.45, 7) is 1.66. The van der Waals surface area contributed by atoms with E-state index in [9.17, 15) is 9.59 Å². The lowest BCUT2D eigenvalue weighted by Crippen LogP contribution is -2.11. The van der Waals surface area contributed by atoms with Crippen molar-refractivity contribution in [1.29, 1.82) is 0 Å². The van der Waals surface area contributed by atoms with Gasteiger partial charge in [-0.3, -0.25) is 9.59 Å². The molecular weight excluding hydrogens is 416 g/mol. The maximum atomic E-state index is 12.3. The lowest BCUT2D eigenvalue weighted by Gasteiger charge is -2.14. The largest absolute Gasteiger partial charge is 0.493 e. The standard InChI is InChI=1S/C19H17BrN2O5/c1-11(23)26-7-8-27-17-10-14(20)13(9-16(17)25-2)18-21-15-6-4-3-5-12(15)19(24)22-18/h3-6,9-10H,7-8H2,1-2H3,(H,21,22,24).